The molecule has 0 fully saturated rings. The Balaban J connectivity index is 0. The van der Waals surface area contributed by atoms with Crippen molar-refractivity contribution in [3.8, 4) is 0 Å². The Morgan fingerprint density at radius 1 is 0.600 bits per heavy atom. The fraction of sp³-hybridized carbons (Fsp3) is 0.963. The summed E-state index contributed by atoms with van der Waals surface area (Å²) in [6, 6.07) is 0. The summed E-state index contributed by atoms with van der Waals surface area (Å²) in [4.78, 5) is 33.9. The molecule has 0 aliphatic heterocycles. The lowest BCUT2D eigenvalue weighted by atomic mass is 10.1. The van der Waals surface area contributed by atoms with E-state index in [1.807, 2.05) is 0 Å². The Labute approximate surface area is 216 Å². The van der Waals surface area contributed by atoms with E-state index in [4.69, 9.17) is 24.0 Å². The van der Waals surface area contributed by atoms with Crippen molar-refractivity contribution < 1.29 is 33.3 Å². The van der Waals surface area contributed by atoms with E-state index in [0.717, 1.165) is 24.1 Å². The number of carbonyl (C=O) groups is 1. The second kappa shape index (κ2) is 25.2. The Bertz CT molecular complexity index is 463. The van der Waals surface area contributed by atoms with Crippen LogP contribution in [0.3, 0.4) is 0 Å². The summed E-state index contributed by atoms with van der Waals surface area (Å²) in [7, 11) is -3.09. The molecule has 35 heavy (non-hydrogen) atoms. The molecule has 0 aliphatic rings. The number of methoxy groups -OCH3 is 1. The van der Waals surface area contributed by atoms with Crippen molar-refractivity contribution in [2.24, 2.45) is 0 Å². The number of hydrogen-bond acceptors (Lipinski definition) is 3. The third-order valence-electron chi connectivity index (χ3n) is 6.65. The Hall–Kier alpha value is -0.460. The van der Waals surface area contributed by atoms with Crippen LogP contribution in [0.1, 0.15) is 136 Å². The van der Waals surface area contributed by atoms with E-state index in [2.05, 4.69) is 20.8 Å². The van der Waals surface area contributed by atoms with Gasteiger partial charge in [0.25, 0.3) is 0 Å². The first-order valence-electron chi connectivity index (χ1n) is 14.3. The summed E-state index contributed by atoms with van der Waals surface area (Å²) in [5.74, 6) is -0.0158. The Kier molecular flexibility index (Phi) is 26.4. The van der Waals surface area contributed by atoms with Gasteiger partial charge in [0.2, 0.25) is 0 Å². The van der Waals surface area contributed by atoms with Gasteiger partial charge in [-0.25, -0.2) is 9.36 Å². The van der Waals surface area contributed by atoms with Gasteiger partial charge in [-0.05, 0) is 38.5 Å². The maximum atomic E-state index is 12.3. The van der Waals surface area contributed by atoms with Crippen LogP contribution >= 0.6 is 7.82 Å². The molecule has 0 atom stereocenters. The molecule has 0 aromatic rings. The third-order valence-corrected chi connectivity index (χ3v) is 6.65. The van der Waals surface area contributed by atoms with E-state index in [0.29, 0.717) is 6.54 Å². The molecule has 0 radical (unpaired) electrons. The van der Waals surface area contributed by atoms with Crippen molar-refractivity contribution >= 4 is 13.8 Å². The van der Waals surface area contributed by atoms with E-state index < -0.39 is 7.82 Å². The molecule has 0 amide bonds. The highest BCUT2D eigenvalue weighted by Gasteiger charge is 2.29. The molecular weight excluding hydrogens is 465 g/mol. The van der Waals surface area contributed by atoms with Crippen LogP contribution in [0.25, 0.3) is 0 Å². The smallest absolute Gasteiger partial charge is 0.465 e. The van der Waals surface area contributed by atoms with Gasteiger partial charge in [-0.1, -0.05) is 97.8 Å². The molecule has 0 bridgehead atoms. The lowest BCUT2D eigenvalue weighted by Crippen LogP contribution is -2.53. The van der Waals surface area contributed by atoms with Gasteiger partial charge in [0.1, 0.15) is 0 Å². The lowest BCUT2D eigenvalue weighted by Gasteiger charge is -2.38. The van der Waals surface area contributed by atoms with Gasteiger partial charge in [0.05, 0.1) is 26.7 Å². The number of ether oxygens (including phenoxy) is 1. The number of nitrogens with zero attached hydrogens (tertiary/aromatic N) is 1. The van der Waals surface area contributed by atoms with Crippen LogP contribution < -0.4 is 0 Å². The average molecular weight is 525 g/mol. The van der Waals surface area contributed by atoms with Crippen LogP contribution in [-0.2, 0) is 14.1 Å². The zero-order valence-electron chi connectivity index (χ0n) is 23.5. The second-order valence-corrected chi connectivity index (χ2v) is 11.1. The summed E-state index contributed by atoms with van der Waals surface area (Å²) in [5.41, 5.74) is 0. The molecule has 0 saturated carbocycles. The zero-order chi connectivity index (χ0) is 26.8. The summed E-state index contributed by atoms with van der Waals surface area (Å²) in [6.07, 6.45) is 23.8. The molecule has 0 saturated heterocycles. The predicted molar refractivity (Wildman–Crippen MR) is 146 cm³/mol. The Morgan fingerprint density at radius 3 is 1.11 bits per heavy atom. The first-order chi connectivity index (χ1) is 16.6. The molecule has 212 valence electrons. The van der Waals surface area contributed by atoms with E-state index in [-0.39, 0.29) is 5.97 Å². The average Bonchev–Trinajstić information content (AvgIpc) is 2.79. The van der Waals surface area contributed by atoms with Crippen LogP contribution in [0.15, 0.2) is 0 Å². The summed E-state index contributed by atoms with van der Waals surface area (Å²) >= 11 is 0. The molecule has 0 aliphatic carbocycles. The third kappa shape index (κ3) is 29.7. The predicted octanol–water partition coefficient (Wildman–Crippen LogP) is 7.13. The van der Waals surface area contributed by atoms with Gasteiger partial charge >= 0.3 is 13.8 Å². The summed E-state index contributed by atoms with van der Waals surface area (Å²) in [6.45, 7) is 10.9. The summed E-state index contributed by atoms with van der Waals surface area (Å²) in [5, 5.41) is 0. The number of rotatable bonds is 23. The maximum absolute atomic E-state index is 12.3. The SMILES string of the molecule is CCCCCCCC[N+](CCCCCCCC)(CCCCCCCC)CC(=O)OC.O=P(O)(O)O. The van der Waals surface area contributed by atoms with Gasteiger partial charge in [0, 0.05) is 0 Å². The van der Waals surface area contributed by atoms with E-state index in [9.17, 15) is 4.79 Å². The van der Waals surface area contributed by atoms with Crippen molar-refractivity contribution in [1.29, 1.82) is 0 Å². The highest BCUT2D eigenvalue weighted by atomic mass is 31.2. The number of carbonyl (C=O) groups excluding carboxylic acids is 1. The molecule has 0 rings (SSSR count). The first-order valence-corrected chi connectivity index (χ1v) is 15.9. The minimum atomic E-state index is -4.64. The molecule has 0 spiro atoms. The van der Waals surface area contributed by atoms with Gasteiger partial charge in [-0.15, -0.1) is 0 Å². The number of quaternary nitrogens is 1. The van der Waals surface area contributed by atoms with E-state index in [1.54, 1.807) is 7.11 Å². The maximum Gasteiger partial charge on any atom is 0.466 e. The minimum Gasteiger partial charge on any atom is -0.465 e. The van der Waals surface area contributed by atoms with E-state index >= 15 is 0 Å². The van der Waals surface area contributed by atoms with Gasteiger partial charge in [0.15, 0.2) is 6.54 Å². The number of hydrogen-bond donors (Lipinski definition) is 3. The molecule has 8 heteroatoms. The lowest BCUT2D eigenvalue weighted by molar-refractivity contribution is -0.922. The number of unbranched alkanes of at least 4 members (excludes halogenated alkanes) is 15. The van der Waals surface area contributed by atoms with Gasteiger partial charge in [-0.3, -0.25) is 0 Å². The van der Waals surface area contributed by atoms with Crippen molar-refractivity contribution in [3.63, 3.8) is 0 Å². The van der Waals surface area contributed by atoms with Crippen molar-refractivity contribution in [3.05, 3.63) is 0 Å². The largest absolute Gasteiger partial charge is 0.466 e. The number of esters is 1. The van der Waals surface area contributed by atoms with Gasteiger partial charge in [-0.2, -0.15) is 0 Å². The van der Waals surface area contributed by atoms with Crippen LogP contribution in [0.4, 0.5) is 0 Å². The van der Waals surface area contributed by atoms with Crippen molar-refractivity contribution in [2.75, 3.05) is 33.3 Å². The van der Waals surface area contributed by atoms with Crippen LogP contribution in [0.2, 0.25) is 0 Å². The molecule has 0 aromatic carbocycles. The monoisotopic (exact) mass is 524 g/mol. The molecule has 0 heterocycles. The Morgan fingerprint density at radius 2 is 0.857 bits per heavy atom. The molecule has 3 N–H and O–H groups in total. The molecule has 0 aromatic heterocycles. The minimum absolute atomic E-state index is 0.0158. The summed E-state index contributed by atoms with van der Waals surface area (Å²) < 4.78 is 15.0. The second-order valence-electron chi connectivity index (χ2n) is 10.1. The van der Waals surface area contributed by atoms with Crippen LogP contribution in [-0.4, -0.2) is 58.4 Å². The molecule has 0 unspecified atom stereocenters. The van der Waals surface area contributed by atoms with Crippen molar-refractivity contribution in [2.45, 2.75) is 136 Å². The standard InChI is InChI=1S/C27H56NO2.H3O4P/c1-5-8-11-14-17-20-23-28(26-27(29)30-4,24-21-18-15-12-9-6-2)25-22-19-16-13-10-7-3;1-5(2,3)4/h5-26H2,1-4H3;(H3,1,2,3,4)/q+1;. The van der Waals surface area contributed by atoms with E-state index in [1.165, 1.54) is 116 Å². The van der Waals surface area contributed by atoms with Crippen molar-refractivity contribution in [1.82, 2.24) is 0 Å². The van der Waals surface area contributed by atoms with Crippen LogP contribution in [0, 0.1) is 0 Å². The van der Waals surface area contributed by atoms with Crippen LogP contribution in [0.5, 0.6) is 0 Å². The first kappa shape index (κ1) is 36.7. The molecule has 7 nitrogen and oxygen atoms in total. The fourth-order valence-corrected chi connectivity index (χ4v) is 4.59. The fourth-order valence-electron chi connectivity index (χ4n) is 4.59. The topological polar surface area (TPSA) is 104 Å². The zero-order valence-corrected chi connectivity index (χ0v) is 24.4. The normalized spacial score (nSPS) is 11.7. The number of phosphoric acid groups is 1. The highest BCUT2D eigenvalue weighted by Crippen LogP contribution is 2.25. The quantitative estimate of drug-likeness (QED) is 0.0568. The highest BCUT2D eigenvalue weighted by molar-refractivity contribution is 7.45. The molecular formula is C27H59NO6P+. The van der Waals surface area contributed by atoms with Gasteiger partial charge < -0.3 is 23.9 Å².